The van der Waals surface area contributed by atoms with Gasteiger partial charge in [-0.1, -0.05) is 18.2 Å². The van der Waals surface area contributed by atoms with Crippen LogP contribution in [0.1, 0.15) is 44.4 Å². The van der Waals surface area contributed by atoms with E-state index >= 15 is 0 Å². The fourth-order valence-corrected chi connectivity index (χ4v) is 4.06. The highest BCUT2D eigenvalue weighted by atomic mass is 19.1. The number of nitrogens with one attached hydrogen (secondary N) is 2. The molecule has 4 aromatic rings. The molecule has 0 radical (unpaired) electrons. The molecular weight excluding hydrogens is 517 g/mol. The number of aromatic nitrogens is 2. The molecule has 2 aromatic heterocycles. The van der Waals surface area contributed by atoms with Crippen LogP contribution in [0.5, 0.6) is 0 Å². The van der Waals surface area contributed by atoms with Gasteiger partial charge in [-0.3, -0.25) is 24.3 Å². The normalized spacial score (nSPS) is 11.4. The summed E-state index contributed by atoms with van der Waals surface area (Å²) < 4.78 is 18.6. The first-order chi connectivity index (χ1) is 19.5. The van der Waals surface area contributed by atoms with Gasteiger partial charge in [0.2, 0.25) is 5.91 Å². The Morgan fingerprint density at radius 2 is 1.85 bits per heavy atom. The third-order valence-electron chi connectivity index (χ3n) is 6.01. The van der Waals surface area contributed by atoms with Crippen molar-refractivity contribution in [2.45, 2.75) is 18.9 Å². The Kier molecular flexibility index (Phi) is 9.67. The fraction of sp³-hybridized carbons (Fsp3) is 0.207. The number of aliphatic hydroxyl groups excluding tert-OH is 1. The molecule has 4 rings (SSSR count). The maximum Gasteiger partial charge on any atom is 0.281 e. The number of hydrogen-bond acceptors (Lipinski definition) is 7. The number of amides is 3. The minimum absolute atomic E-state index is 0.0210. The van der Waals surface area contributed by atoms with Crippen molar-refractivity contribution in [3.8, 4) is 0 Å². The van der Waals surface area contributed by atoms with E-state index in [0.29, 0.717) is 41.8 Å². The van der Waals surface area contributed by atoms with Gasteiger partial charge in [-0.15, -0.1) is 0 Å². The van der Waals surface area contributed by atoms with Crippen molar-refractivity contribution in [1.29, 1.82) is 0 Å². The highest BCUT2D eigenvalue weighted by Gasteiger charge is 2.34. The van der Waals surface area contributed by atoms with Gasteiger partial charge >= 0.3 is 0 Å². The van der Waals surface area contributed by atoms with Crippen LogP contribution in [0.15, 0.2) is 90.1 Å². The van der Waals surface area contributed by atoms with E-state index in [1.54, 1.807) is 42.6 Å². The summed E-state index contributed by atoms with van der Waals surface area (Å²) in [7, 11) is 0. The maximum absolute atomic E-state index is 13.7. The molecule has 0 saturated heterocycles. The zero-order chi connectivity index (χ0) is 28.3. The lowest BCUT2D eigenvalue weighted by molar-refractivity contribution is -0.122. The van der Waals surface area contributed by atoms with E-state index < -0.39 is 17.9 Å². The van der Waals surface area contributed by atoms with E-state index in [1.807, 2.05) is 0 Å². The highest BCUT2D eigenvalue weighted by Crippen LogP contribution is 2.29. The van der Waals surface area contributed by atoms with Crippen molar-refractivity contribution < 1.29 is 28.3 Å². The zero-order valence-corrected chi connectivity index (χ0v) is 21.5. The standard InChI is InChI=1S/C29H28FN5O5/c30-23-6-1-4-20(16-23)11-14-33-28(38)26(22-5-2-12-31-17-22)35(29(39)25-18-40-19-34-25)24-9-7-21(8-10-24)27(37)32-13-3-15-36/h1-2,4-10,12,16-19,26,36H,3,11,13-15H2,(H,32,37)(H,33,38). The van der Waals surface area contributed by atoms with E-state index in [-0.39, 0.29) is 30.6 Å². The largest absolute Gasteiger partial charge is 0.451 e. The first kappa shape index (κ1) is 28.1. The molecule has 10 nitrogen and oxygen atoms in total. The smallest absolute Gasteiger partial charge is 0.281 e. The second-order valence-corrected chi connectivity index (χ2v) is 8.79. The van der Waals surface area contributed by atoms with Crippen LogP contribution >= 0.6 is 0 Å². The quantitative estimate of drug-likeness (QED) is 0.233. The van der Waals surface area contributed by atoms with Gasteiger partial charge in [-0.2, -0.15) is 0 Å². The average molecular weight is 546 g/mol. The van der Waals surface area contributed by atoms with Crippen LogP contribution in [-0.4, -0.2) is 52.5 Å². The molecule has 1 atom stereocenters. The van der Waals surface area contributed by atoms with Crippen molar-refractivity contribution in [1.82, 2.24) is 20.6 Å². The molecule has 0 aliphatic carbocycles. The van der Waals surface area contributed by atoms with E-state index in [0.717, 1.165) is 6.39 Å². The second-order valence-electron chi connectivity index (χ2n) is 8.79. The Bertz CT molecular complexity index is 1410. The molecule has 0 bridgehead atoms. The molecule has 2 aromatic carbocycles. The van der Waals surface area contributed by atoms with Crippen molar-refractivity contribution in [3.63, 3.8) is 0 Å². The Morgan fingerprint density at radius 1 is 1.02 bits per heavy atom. The Morgan fingerprint density at radius 3 is 2.52 bits per heavy atom. The third-order valence-corrected chi connectivity index (χ3v) is 6.01. The number of hydrogen-bond donors (Lipinski definition) is 3. The summed E-state index contributed by atoms with van der Waals surface area (Å²) in [6, 6.07) is 14.5. The van der Waals surface area contributed by atoms with Gasteiger partial charge in [0.25, 0.3) is 11.8 Å². The summed E-state index contributed by atoms with van der Waals surface area (Å²) in [4.78, 5) is 49.2. The molecule has 0 aliphatic rings. The molecule has 11 heteroatoms. The number of nitrogens with zero attached hydrogens (tertiary/aromatic N) is 3. The Labute approximate surface area is 229 Å². The maximum atomic E-state index is 13.7. The summed E-state index contributed by atoms with van der Waals surface area (Å²) in [5, 5.41) is 14.5. The van der Waals surface area contributed by atoms with Gasteiger partial charge in [0.1, 0.15) is 18.1 Å². The van der Waals surface area contributed by atoms with E-state index in [9.17, 15) is 18.8 Å². The molecule has 0 aliphatic heterocycles. The number of carbonyl (C=O) groups is 3. The number of oxazole rings is 1. The first-order valence-corrected chi connectivity index (χ1v) is 12.6. The van der Waals surface area contributed by atoms with E-state index in [1.165, 1.54) is 41.6 Å². The number of pyridine rings is 1. The SMILES string of the molecule is O=C(NCCCO)c1ccc(N(C(=O)c2cocn2)C(C(=O)NCCc2cccc(F)c2)c2cccnc2)cc1. The van der Waals surface area contributed by atoms with Crippen LogP contribution in [-0.2, 0) is 11.2 Å². The van der Waals surface area contributed by atoms with Gasteiger partial charge in [0, 0.05) is 48.9 Å². The van der Waals surface area contributed by atoms with Crippen molar-refractivity contribution in [2.24, 2.45) is 0 Å². The topological polar surface area (TPSA) is 138 Å². The predicted molar refractivity (Wildman–Crippen MR) is 144 cm³/mol. The minimum atomic E-state index is -1.16. The summed E-state index contributed by atoms with van der Waals surface area (Å²) in [5.74, 6) is -1.81. The molecule has 0 spiro atoms. The second kappa shape index (κ2) is 13.8. The zero-order valence-electron chi connectivity index (χ0n) is 21.5. The molecule has 0 fully saturated rings. The van der Waals surface area contributed by atoms with E-state index in [4.69, 9.17) is 9.52 Å². The molecule has 3 N–H and O–H groups in total. The summed E-state index contributed by atoms with van der Waals surface area (Å²) in [6.07, 6.45) is 6.13. The number of halogens is 1. The Balaban J connectivity index is 1.64. The minimum Gasteiger partial charge on any atom is -0.451 e. The van der Waals surface area contributed by atoms with Crippen molar-refractivity contribution >= 4 is 23.4 Å². The molecule has 206 valence electrons. The van der Waals surface area contributed by atoms with Crippen LogP contribution in [0, 0.1) is 5.82 Å². The lowest BCUT2D eigenvalue weighted by Crippen LogP contribution is -2.44. The molecular formula is C29H28FN5O5. The van der Waals surface area contributed by atoms with Gasteiger partial charge < -0.3 is 20.2 Å². The van der Waals surface area contributed by atoms with Crippen LogP contribution in [0.4, 0.5) is 10.1 Å². The number of benzene rings is 2. The first-order valence-electron chi connectivity index (χ1n) is 12.6. The van der Waals surface area contributed by atoms with Crippen LogP contribution in [0.2, 0.25) is 0 Å². The van der Waals surface area contributed by atoms with Crippen molar-refractivity contribution in [3.05, 3.63) is 114 Å². The van der Waals surface area contributed by atoms with Gasteiger partial charge in [-0.25, -0.2) is 9.37 Å². The monoisotopic (exact) mass is 545 g/mol. The molecule has 1 unspecified atom stereocenters. The fourth-order valence-electron chi connectivity index (χ4n) is 4.06. The molecule has 40 heavy (non-hydrogen) atoms. The van der Waals surface area contributed by atoms with Crippen LogP contribution in [0.3, 0.4) is 0 Å². The molecule has 0 saturated carbocycles. The summed E-state index contributed by atoms with van der Waals surface area (Å²) in [6.45, 7) is 0.461. The average Bonchev–Trinajstić information content (AvgIpc) is 3.51. The molecule has 2 heterocycles. The number of rotatable bonds is 12. The van der Waals surface area contributed by atoms with Gasteiger partial charge in [0.05, 0.1) is 0 Å². The number of aliphatic hydroxyl groups is 1. The van der Waals surface area contributed by atoms with Gasteiger partial charge in [0.15, 0.2) is 12.1 Å². The lowest BCUT2D eigenvalue weighted by atomic mass is 10.0. The summed E-state index contributed by atoms with van der Waals surface area (Å²) in [5.41, 5.74) is 1.80. The number of anilines is 1. The lowest BCUT2D eigenvalue weighted by Gasteiger charge is -2.31. The van der Waals surface area contributed by atoms with E-state index in [2.05, 4.69) is 20.6 Å². The summed E-state index contributed by atoms with van der Waals surface area (Å²) >= 11 is 0. The van der Waals surface area contributed by atoms with Gasteiger partial charge in [-0.05, 0) is 60.9 Å². The van der Waals surface area contributed by atoms with Crippen LogP contribution in [0.25, 0.3) is 0 Å². The highest BCUT2D eigenvalue weighted by molar-refractivity contribution is 6.09. The number of carbonyl (C=O) groups excluding carboxylic acids is 3. The van der Waals surface area contributed by atoms with Crippen LogP contribution < -0.4 is 15.5 Å². The Hall–Kier alpha value is -4.90. The predicted octanol–water partition coefficient (Wildman–Crippen LogP) is 3.07. The molecule has 3 amide bonds. The van der Waals surface area contributed by atoms with Crippen molar-refractivity contribution in [2.75, 3.05) is 24.6 Å². The third kappa shape index (κ3) is 7.14.